The van der Waals surface area contributed by atoms with Gasteiger partial charge in [0, 0.05) is 34.8 Å². The van der Waals surface area contributed by atoms with Crippen molar-refractivity contribution in [2.75, 3.05) is 34.8 Å². The van der Waals surface area contributed by atoms with E-state index in [1.807, 2.05) is 0 Å². The minimum absolute atomic E-state index is 0.0207. The molecule has 3 heterocycles. The fourth-order valence-electron chi connectivity index (χ4n) is 5.58. The second-order valence-corrected chi connectivity index (χ2v) is 13.2. The van der Waals surface area contributed by atoms with Crippen molar-refractivity contribution in [1.82, 2.24) is 10.6 Å². The number of nitrogens with zero attached hydrogens (tertiary/aromatic N) is 1. The van der Waals surface area contributed by atoms with Crippen LogP contribution in [-0.2, 0) is 25.0 Å². The molecule has 2 aromatic carbocycles. The monoisotopic (exact) mass is 604 g/mol. The van der Waals surface area contributed by atoms with Crippen LogP contribution in [0.4, 0.5) is 21.0 Å². The molecule has 2 unspecified atom stereocenters. The predicted octanol–water partition coefficient (Wildman–Crippen LogP) is 3.12. The Bertz CT molecular complexity index is 1480. The summed E-state index contributed by atoms with van der Waals surface area (Å²) in [4.78, 5) is 52.5. The molecule has 2 saturated heterocycles. The van der Waals surface area contributed by atoms with Gasteiger partial charge in [-0.1, -0.05) is 11.6 Å². The summed E-state index contributed by atoms with van der Waals surface area (Å²) in [5.74, 6) is -1.57. The number of rotatable bonds is 6. The third-order valence-corrected chi connectivity index (χ3v) is 9.69. The molecule has 2 aromatic rings. The van der Waals surface area contributed by atoms with Gasteiger partial charge in [-0.3, -0.25) is 14.9 Å². The number of sulfone groups is 1. The zero-order valence-corrected chi connectivity index (χ0v) is 23.5. The van der Waals surface area contributed by atoms with Gasteiger partial charge in [0.1, 0.15) is 15.9 Å². The van der Waals surface area contributed by atoms with Crippen LogP contribution in [0.2, 0.25) is 5.02 Å². The number of ether oxygens (including phenoxy) is 1. The van der Waals surface area contributed by atoms with Crippen molar-refractivity contribution in [3.63, 3.8) is 0 Å². The molecular formula is C27H29ClN4O8S. The molecule has 3 aliphatic rings. The van der Waals surface area contributed by atoms with Crippen LogP contribution in [0.5, 0.6) is 0 Å². The van der Waals surface area contributed by atoms with Gasteiger partial charge in [-0.2, -0.15) is 0 Å². The predicted molar refractivity (Wildman–Crippen MR) is 150 cm³/mol. The molecule has 4 N–H and O–H groups in total. The lowest BCUT2D eigenvalue weighted by Crippen LogP contribution is -2.56. The highest BCUT2D eigenvalue weighted by Crippen LogP contribution is 2.44. The Kier molecular flexibility index (Phi) is 7.95. The molecule has 5 rings (SSSR count). The molecule has 0 bridgehead atoms. The summed E-state index contributed by atoms with van der Waals surface area (Å²) in [7, 11) is -3.16. The second kappa shape index (κ2) is 11.3. The molecule has 3 aliphatic heterocycles. The van der Waals surface area contributed by atoms with E-state index in [2.05, 4.69) is 16.0 Å². The first-order chi connectivity index (χ1) is 19.5. The van der Waals surface area contributed by atoms with Gasteiger partial charge in [-0.05, 0) is 74.2 Å². The van der Waals surface area contributed by atoms with E-state index in [-0.39, 0.29) is 35.1 Å². The number of nitrogens with one attached hydrogen (secondary N) is 3. The summed E-state index contributed by atoms with van der Waals surface area (Å²) in [6.07, 6.45) is -0.877. The summed E-state index contributed by atoms with van der Waals surface area (Å²) < 4.78 is 29.8. The number of hydrogen-bond acceptors (Lipinski definition) is 8. The van der Waals surface area contributed by atoms with Crippen LogP contribution in [-0.4, -0.2) is 68.2 Å². The van der Waals surface area contributed by atoms with Crippen LogP contribution in [0.25, 0.3) is 0 Å². The Labute approximate surface area is 241 Å². The second-order valence-electron chi connectivity index (χ2n) is 10.5. The van der Waals surface area contributed by atoms with Crippen LogP contribution in [0, 0.1) is 5.92 Å². The van der Waals surface area contributed by atoms with Crippen molar-refractivity contribution < 1.29 is 37.4 Å². The molecule has 2 fully saturated rings. The SMILES string of the molecule is O=C(O)Nc1ccc(C(=O)NC(CC2CCS(=O)(=O)CC2)C(=O)N2C(=O)OC3(CCNC3)c3cc(Cl)ccc32)cc1. The largest absolute Gasteiger partial charge is 0.465 e. The number of anilines is 2. The molecule has 0 aromatic heterocycles. The number of hydrogen-bond donors (Lipinski definition) is 4. The molecule has 0 radical (unpaired) electrons. The minimum atomic E-state index is -3.16. The van der Waals surface area contributed by atoms with Gasteiger partial charge in [-0.25, -0.2) is 22.9 Å². The number of carbonyl (C=O) groups is 4. The van der Waals surface area contributed by atoms with Crippen molar-refractivity contribution in [3.8, 4) is 0 Å². The smallest absolute Gasteiger partial charge is 0.422 e. The molecule has 12 nitrogen and oxygen atoms in total. The van der Waals surface area contributed by atoms with E-state index in [1.54, 1.807) is 18.2 Å². The third kappa shape index (κ3) is 6.16. The summed E-state index contributed by atoms with van der Waals surface area (Å²) in [5, 5.41) is 17.4. The Hall–Kier alpha value is -3.68. The van der Waals surface area contributed by atoms with Gasteiger partial charge < -0.3 is 20.5 Å². The standard InChI is InChI=1S/C27H29ClN4O8S/c28-18-3-6-22-20(14-18)27(9-10-29-15-27)40-26(37)32(22)24(34)21(13-16-7-11-41(38,39)12-8-16)31-23(33)17-1-4-19(5-2-17)30-25(35)36/h1-6,14,16,21,29-30H,7-13,15H2,(H,31,33)(H,35,36). The number of imide groups is 1. The number of carboxylic acid groups (broad SMARTS) is 1. The van der Waals surface area contributed by atoms with E-state index in [4.69, 9.17) is 21.4 Å². The van der Waals surface area contributed by atoms with Crippen molar-refractivity contribution in [3.05, 3.63) is 58.6 Å². The van der Waals surface area contributed by atoms with Crippen LogP contribution >= 0.6 is 11.6 Å². The molecule has 14 heteroatoms. The maximum absolute atomic E-state index is 14.1. The average molecular weight is 605 g/mol. The number of benzene rings is 2. The summed E-state index contributed by atoms with van der Waals surface area (Å²) in [6, 6.07) is 9.25. The van der Waals surface area contributed by atoms with Crippen molar-refractivity contribution in [2.45, 2.75) is 37.3 Å². The summed E-state index contributed by atoms with van der Waals surface area (Å²) >= 11 is 6.28. The number of fused-ring (bicyclic) bond motifs is 2. The first-order valence-electron chi connectivity index (χ1n) is 13.2. The van der Waals surface area contributed by atoms with E-state index >= 15 is 0 Å². The minimum Gasteiger partial charge on any atom is -0.465 e. The first kappa shape index (κ1) is 28.8. The van der Waals surface area contributed by atoms with E-state index in [9.17, 15) is 27.6 Å². The maximum atomic E-state index is 14.1. The van der Waals surface area contributed by atoms with Gasteiger partial charge in [-0.15, -0.1) is 0 Å². The lowest BCUT2D eigenvalue weighted by Gasteiger charge is -2.40. The molecule has 4 amide bonds. The van der Waals surface area contributed by atoms with Gasteiger partial charge in [0.25, 0.3) is 11.8 Å². The Morgan fingerprint density at radius 3 is 2.49 bits per heavy atom. The molecule has 2 atom stereocenters. The fraction of sp³-hybridized carbons (Fsp3) is 0.407. The first-order valence-corrected chi connectivity index (χ1v) is 15.4. The molecule has 218 valence electrons. The van der Waals surface area contributed by atoms with E-state index in [0.717, 1.165) is 4.90 Å². The van der Waals surface area contributed by atoms with Gasteiger partial charge in [0.2, 0.25) is 0 Å². The molecular weight excluding hydrogens is 576 g/mol. The van der Waals surface area contributed by atoms with E-state index in [0.29, 0.717) is 48.6 Å². The van der Waals surface area contributed by atoms with Crippen LogP contribution in [0.15, 0.2) is 42.5 Å². The van der Waals surface area contributed by atoms with Gasteiger partial charge >= 0.3 is 12.2 Å². The van der Waals surface area contributed by atoms with E-state index in [1.165, 1.54) is 24.3 Å². The lowest BCUT2D eigenvalue weighted by atomic mass is 9.88. The van der Waals surface area contributed by atoms with Crippen LogP contribution < -0.4 is 20.9 Å². The lowest BCUT2D eigenvalue weighted by molar-refractivity contribution is -0.121. The van der Waals surface area contributed by atoms with E-state index < -0.39 is 45.5 Å². The number of halogens is 1. The van der Waals surface area contributed by atoms with Crippen molar-refractivity contribution in [2.24, 2.45) is 5.92 Å². The molecule has 41 heavy (non-hydrogen) atoms. The summed E-state index contributed by atoms with van der Waals surface area (Å²) in [5.41, 5.74) is 0.337. The Balaban J connectivity index is 1.44. The highest BCUT2D eigenvalue weighted by atomic mass is 35.5. The van der Waals surface area contributed by atoms with Crippen molar-refractivity contribution in [1.29, 1.82) is 0 Å². The zero-order chi connectivity index (χ0) is 29.4. The Morgan fingerprint density at radius 1 is 1.15 bits per heavy atom. The van der Waals surface area contributed by atoms with Crippen molar-refractivity contribution >= 4 is 56.8 Å². The highest BCUT2D eigenvalue weighted by Gasteiger charge is 2.50. The number of carbonyl (C=O) groups excluding carboxylic acids is 3. The fourth-order valence-corrected chi connectivity index (χ4v) is 7.35. The molecule has 1 spiro atoms. The Morgan fingerprint density at radius 2 is 1.85 bits per heavy atom. The molecule has 0 aliphatic carbocycles. The number of amides is 4. The van der Waals surface area contributed by atoms with Gasteiger partial charge in [0.05, 0.1) is 17.2 Å². The maximum Gasteiger partial charge on any atom is 0.422 e. The van der Waals surface area contributed by atoms with Crippen LogP contribution in [0.3, 0.4) is 0 Å². The quantitative estimate of drug-likeness (QED) is 0.386. The van der Waals surface area contributed by atoms with Crippen LogP contribution in [0.1, 0.15) is 41.6 Å². The highest BCUT2D eigenvalue weighted by molar-refractivity contribution is 7.91. The molecule has 0 saturated carbocycles. The topological polar surface area (TPSA) is 171 Å². The normalized spacial score (nSPS) is 22.5. The zero-order valence-electron chi connectivity index (χ0n) is 21.9. The average Bonchev–Trinajstić information content (AvgIpc) is 3.38. The third-order valence-electron chi connectivity index (χ3n) is 7.74. The van der Waals surface area contributed by atoms with Gasteiger partial charge in [0.15, 0.2) is 5.60 Å². The summed E-state index contributed by atoms with van der Waals surface area (Å²) in [6.45, 7) is 0.967.